The molecule has 1 atom stereocenters. The number of hydrogen-bond donors (Lipinski definition) is 1. The number of aryl methyl sites for hydroxylation is 1. The summed E-state index contributed by atoms with van der Waals surface area (Å²) in [7, 11) is 0. The van der Waals surface area contributed by atoms with Crippen LogP contribution in [0.4, 0.5) is 0 Å². The van der Waals surface area contributed by atoms with Gasteiger partial charge in [0.1, 0.15) is 24.3 Å². The molecule has 0 spiro atoms. The smallest absolute Gasteiger partial charge is 0.249 e. The van der Waals surface area contributed by atoms with Crippen molar-refractivity contribution in [2.75, 3.05) is 13.2 Å². The molecule has 2 heterocycles. The molecule has 1 N–H and O–H groups in total. The third-order valence-electron chi connectivity index (χ3n) is 5.09. The molecule has 7 heteroatoms. The van der Waals surface area contributed by atoms with E-state index in [-0.39, 0.29) is 12.0 Å². The number of aromatic nitrogens is 2. The molecule has 152 valence electrons. The van der Waals surface area contributed by atoms with Crippen LogP contribution in [0.5, 0.6) is 5.75 Å². The van der Waals surface area contributed by atoms with Gasteiger partial charge in [-0.25, -0.2) is 4.98 Å². The SMILES string of the molecule is Cc1cc(OCCn2c(CNC(=O)C3CCCO3)nc3ccccc32)ccc1Cl. The standard InChI is InChI=1S/C22H24ClN3O3/c1-15-13-16(8-9-17(15)23)28-12-10-26-19-6-3-2-5-18(19)25-21(26)14-24-22(27)20-7-4-11-29-20/h2-3,5-6,8-9,13,20H,4,7,10-12,14H2,1H3,(H,24,27). The average Bonchev–Trinajstić information content (AvgIpc) is 3.37. The van der Waals surface area contributed by atoms with Gasteiger partial charge in [-0.05, 0) is 55.7 Å². The lowest BCUT2D eigenvalue weighted by molar-refractivity contribution is -0.130. The van der Waals surface area contributed by atoms with E-state index >= 15 is 0 Å². The van der Waals surface area contributed by atoms with Crippen molar-refractivity contribution in [2.45, 2.75) is 39.0 Å². The Morgan fingerprint density at radius 2 is 2.21 bits per heavy atom. The van der Waals surface area contributed by atoms with Gasteiger partial charge in [0.2, 0.25) is 5.91 Å². The molecule has 2 aromatic carbocycles. The summed E-state index contributed by atoms with van der Waals surface area (Å²) in [5.41, 5.74) is 2.90. The van der Waals surface area contributed by atoms with E-state index in [0.717, 1.165) is 46.0 Å². The molecule has 1 fully saturated rings. The van der Waals surface area contributed by atoms with Crippen molar-refractivity contribution in [1.29, 1.82) is 0 Å². The lowest BCUT2D eigenvalue weighted by Crippen LogP contribution is -2.34. The van der Waals surface area contributed by atoms with Crippen LogP contribution in [0.2, 0.25) is 5.02 Å². The van der Waals surface area contributed by atoms with Crippen molar-refractivity contribution >= 4 is 28.5 Å². The molecule has 3 aromatic rings. The third kappa shape index (κ3) is 4.54. The van der Waals surface area contributed by atoms with Crippen LogP contribution in [0.25, 0.3) is 11.0 Å². The highest BCUT2D eigenvalue weighted by Crippen LogP contribution is 2.22. The summed E-state index contributed by atoms with van der Waals surface area (Å²) in [5.74, 6) is 1.51. The average molecular weight is 414 g/mol. The van der Waals surface area contributed by atoms with Crippen LogP contribution in [0.3, 0.4) is 0 Å². The maximum absolute atomic E-state index is 12.3. The summed E-state index contributed by atoms with van der Waals surface area (Å²) in [6, 6.07) is 13.6. The minimum absolute atomic E-state index is 0.0750. The maximum Gasteiger partial charge on any atom is 0.249 e. The number of rotatable bonds is 7. The monoisotopic (exact) mass is 413 g/mol. The van der Waals surface area contributed by atoms with Crippen molar-refractivity contribution in [1.82, 2.24) is 14.9 Å². The molecule has 0 saturated carbocycles. The highest BCUT2D eigenvalue weighted by molar-refractivity contribution is 6.31. The Hall–Kier alpha value is -2.57. The number of ether oxygens (including phenoxy) is 2. The minimum atomic E-state index is -0.343. The molecule has 1 saturated heterocycles. The Morgan fingerprint density at radius 1 is 1.34 bits per heavy atom. The zero-order chi connectivity index (χ0) is 20.2. The number of carbonyl (C=O) groups excluding carboxylic acids is 1. The summed E-state index contributed by atoms with van der Waals surface area (Å²) in [6.45, 7) is 4.06. The van der Waals surface area contributed by atoms with Crippen molar-refractivity contribution in [3.63, 3.8) is 0 Å². The molecular formula is C22H24ClN3O3. The molecule has 1 aromatic heterocycles. The van der Waals surface area contributed by atoms with Crippen LogP contribution in [0.15, 0.2) is 42.5 Å². The number of amides is 1. The first kappa shape index (κ1) is 19.7. The second-order valence-electron chi connectivity index (χ2n) is 7.15. The second kappa shape index (κ2) is 8.84. The normalized spacial score (nSPS) is 16.3. The summed E-state index contributed by atoms with van der Waals surface area (Å²) in [5, 5.41) is 3.69. The van der Waals surface area contributed by atoms with E-state index in [4.69, 9.17) is 26.1 Å². The Labute approximate surface area is 174 Å². The van der Waals surface area contributed by atoms with E-state index in [1.165, 1.54) is 0 Å². The predicted octanol–water partition coefficient (Wildman–Crippen LogP) is 3.87. The second-order valence-corrected chi connectivity index (χ2v) is 7.55. The van der Waals surface area contributed by atoms with Gasteiger partial charge in [-0.2, -0.15) is 0 Å². The minimum Gasteiger partial charge on any atom is -0.492 e. The molecule has 1 amide bonds. The summed E-state index contributed by atoms with van der Waals surface area (Å²) < 4.78 is 13.5. The van der Waals surface area contributed by atoms with E-state index in [0.29, 0.717) is 26.3 Å². The third-order valence-corrected chi connectivity index (χ3v) is 5.51. The topological polar surface area (TPSA) is 65.4 Å². The fourth-order valence-electron chi connectivity index (χ4n) is 3.54. The molecule has 1 aliphatic rings. The van der Waals surface area contributed by atoms with Gasteiger partial charge >= 0.3 is 0 Å². The fraction of sp³-hybridized carbons (Fsp3) is 0.364. The number of nitrogens with zero attached hydrogens (tertiary/aromatic N) is 2. The zero-order valence-electron chi connectivity index (χ0n) is 16.4. The van der Waals surface area contributed by atoms with Crippen LogP contribution >= 0.6 is 11.6 Å². The molecule has 0 aliphatic carbocycles. The fourth-order valence-corrected chi connectivity index (χ4v) is 3.65. The van der Waals surface area contributed by atoms with E-state index in [1.54, 1.807) is 0 Å². The van der Waals surface area contributed by atoms with E-state index in [9.17, 15) is 4.79 Å². The molecule has 6 nitrogen and oxygen atoms in total. The van der Waals surface area contributed by atoms with Crippen LogP contribution in [-0.4, -0.2) is 34.8 Å². The summed E-state index contributed by atoms with van der Waals surface area (Å²) in [6.07, 6.45) is 1.36. The quantitative estimate of drug-likeness (QED) is 0.638. The number of fused-ring (bicyclic) bond motifs is 1. The number of halogens is 1. The zero-order valence-corrected chi connectivity index (χ0v) is 17.1. The van der Waals surface area contributed by atoms with Gasteiger partial charge in [-0.3, -0.25) is 4.79 Å². The van der Waals surface area contributed by atoms with Crippen molar-refractivity contribution in [3.05, 3.63) is 58.9 Å². The highest BCUT2D eigenvalue weighted by Gasteiger charge is 2.23. The van der Waals surface area contributed by atoms with Crippen LogP contribution in [0.1, 0.15) is 24.2 Å². The first-order valence-electron chi connectivity index (χ1n) is 9.84. The lowest BCUT2D eigenvalue weighted by atomic mass is 10.2. The first-order valence-corrected chi connectivity index (χ1v) is 10.2. The predicted molar refractivity (Wildman–Crippen MR) is 112 cm³/mol. The number of benzene rings is 2. The summed E-state index contributed by atoms with van der Waals surface area (Å²) in [4.78, 5) is 17.0. The number of imidazole rings is 1. The molecule has 0 bridgehead atoms. The van der Waals surface area contributed by atoms with E-state index in [2.05, 4.69) is 9.88 Å². The number of hydrogen-bond acceptors (Lipinski definition) is 4. The van der Waals surface area contributed by atoms with Gasteiger partial charge in [0, 0.05) is 11.6 Å². The number of nitrogens with one attached hydrogen (secondary N) is 1. The number of carbonyl (C=O) groups is 1. The van der Waals surface area contributed by atoms with Crippen LogP contribution < -0.4 is 10.1 Å². The molecule has 1 unspecified atom stereocenters. The Morgan fingerprint density at radius 3 is 3.00 bits per heavy atom. The van der Waals surface area contributed by atoms with Gasteiger partial charge in [-0.1, -0.05) is 23.7 Å². The van der Waals surface area contributed by atoms with Crippen LogP contribution in [-0.2, 0) is 22.6 Å². The number of para-hydroxylation sites is 2. The van der Waals surface area contributed by atoms with Gasteiger partial charge < -0.3 is 19.4 Å². The molecular weight excluding hydrogens is 390 g/mol. The van der Waals surface area contributed by atoms with Gasteiger partial charge in [0.05, 0.1) is 24.1 Å². The van der Waals surface area contributed by atoms with Crippen molar-refractivity contribution in [2.24, 2.45) is 0 Å². The van der Waals surface area contributed by atoms with Gasteiger partial charge in [0.15, 0.2) is 0 Å². The lowest BCUT2D eigenvalue weighted by Gasteiger charge is -2.13. The van der Waals surface area contributed by atoms with E-state index < -0.39 is 0 Å². The molecule has 4 rings (SSSR count). The Balaban J connectivity index is 1.45. The maximum atomic E-state index is 12.3. The summed E-state index contributed by atoms with van der Waals surface area (Å²) >= 11 is 6.08. The highest BCUT2D eigenvalue weighted by atomic mass is 35.5. The van der Waals surface area contributed by atoms with Crippen molar-refractivity contribution in [3.8, 4) is 5.75 Å². The van der Waals surface area contributed by atoms with Gasteiger partial charge in [0.25, 0.3) is 0 Å². The van der Waals surface area contributed by atoms with Gasteiger partial charge in [-0.15, -0.1) is 0 Å². The largest absolute Gasteiger partial charge is 0.492 e. The Bertz CT molecular complexity index is 1010. The van der Waals surface area contributed by atoms with Crippen LogP contribution in [0, 0.1) is 6.92 Å². The van der Waals surface area contributed by atoms with Crippen molar-refractivity contribution < 1.29 is 14.3 Å². The molecule has 0 radical (unpaired) electrons. The first-order chi connectivity index (χ1) is 14.1. The molecule has 29 heavy (non-hydrogen) atoms. The van der Waals surface area contributed by atoms with E-state index in [1.807, 2.05) is 49.4 Å². The molecule has 1 aliphatic heterocycles. The Kier molecular flexibility index (Phi) is 6.02.